The fourth-order valence-electron chi connectivity index (χ4n) is 4.27. The molecule has 0 spiro atoms. The van der Waals surface area contributed by atoms with Gasteiger partial charge in [-0.25, -0.2) is 0 Å². The lowest BCUT2D eigenvalue weighted by Crippen LogP contribution is -2.49. The van der Waals surface area contributed by atoms with Crippen molar-refractivity contribution in [1.82, 2.24) is 4.90 Å². The second-order valence-corrected chi connectivity index (χ2v) is 7.41. The van der Waals surface area contributed by atoms with Gasteiger partial charge >= 0.3 is 0 Å². The van der Waals surface area contributed by atoms with E-state index in [0.29, 0.717) is 19.6 Å². The topological polar surface area (TPSA) is 59.0 Å². The zero-order valence-electron chi connectivity index (χ0n) is 15.5. The molecule has 2 aliphatic rings. The first-order valence-electron chi connectivity index (χ1n) is 9.23. The first-order valence-corrected chi connectivity index (χ1v) is 9.23. The Bertz CT molecular complexity index is 607. The highest BCUT2D eigenvalue weighted by Gasteiger charge is 2.39. The zero-order chi connectivity index (χ0) is 18.0. The summed E-state index contributed by atoms with van der Waals surface area (Å²) in [4.78, 5) is 14.6. The van der Waals surface area contributed by atoms with Gasteiger partial charge < -0.3 is 19.5 Å². The molecule has 2 saturated heterocycles. The summed E-state index contributed by atoms with van der Waals surface area (Å²) >= 11 is 0. The molecule has 25 heavy (non-hydrogen) atoms. The Balaban J connectivity index is 1.64. The molecule has 5 nitrogen and oxygen atoms in total. The largest absolute Gasteiger partial charge is 0.483 e. The second-order valence-electron chi connectivity index (χ2n) is 7.41. The van der Waals surface area contributed by atoms with Crippen LogP contribution >= 0.6 is 0 Å². The minimum Gasteiger partial charge on any atom is -0.483 e. The van der Waals surface area contributed by atoms with E-state index in [2.05, 4.69) is 19.1 Å². The normalized spacial score (nSPS) is 26.7. The van der Waals surface area contributed by atoms with E-state index in [4.69, 9.17) is 9.47 Å². The minimum atomic E-state index is -0.380. The third kappa shape index (κ3) is 3.98. The van der Waals surface area contributed by atoms with Gasteiger partial charge in [0.15, 0.2) is 6.61 Å². The number of likely N-dealkylation sites (tertiary alicyclic amines) is 1. The number of aliphatic hydroxyl groups is 1. The molecule has 1 N–H and O–H groups in total. The number of carbonyl (C=O) groups excluding carboxylic acids is 1. The van der Waals surface area contributed by atoms with E-state index in [1.807, 2.05) is 18.7 Å². The molecule has 1 aromatic rings. The van der Waals surface area contributed by atoms with Crippen molar-refractivity contribution in [3.05, 3.63) is 28.8 Å². The summed E-state index contributed by atoms with van der Waals surface area (Å²) in [5.74, 6) is 0.818. The van der Waals surface area contributed by atoms with Crippen LogP contribution in [0.5, 0.6) is 5.75 Å². The lowest BCUT2D eigenvalue weighted by molar-refractivity contribution is -0.138. The molecule has 0 unspecified atom stereocenters. The van der Waals surface area contributed by atoms with Gasteiger partial charge in [0.25, 0.3) is 5.91 Å². The molecule has 1 amide bonds. The highest BCUT2D eigenvalue weighted by atomic mass is 16.5. The number of hydrogen-bond acceptors (Lipinski definition) is 4. The summed E-state index contributed by atoms with van der Waals surface area (Å²) in [6, 6.07) is 4.20. The molecule has 5 heteroatoms. The predicted octanol–water partition coefficient (Wildman–Crippen LogP) is 2.38. The molecule has 1 aromatic carbocycles. The van der Waals surface area contributed by atoms with Crippen LogP contribution in [-0.2, 0) is 9.53 Å². The van der Waals surface area contributed by atoms with E-state index in [1.165, 1.54) is 5.56 Å². The third-order valence-corrected chi connectivity index (χ3v) is 5.42. The summed E-state index contributed by atoms with van der Waals surface area (Å²) in [5, 5.41) is 10.3. The Morgan fingerprint density at radius 1 is 1.28 bits per heavy atom. The maximum Gasteiger partial charge on any atom is 0.260 e. The van der Waals surface area contributed by atoms with Crippen molar-refractivity contribution in [2.45, 2.75) is 52.2 Å². The number of carbonyl (C=O) groups is 1. The maximum absolute atomic E-state index is 12.7. The molecule has 0 radical (unpaired) electrons. The van der Waals surface area contributed by atoms with E-state index >= 15 is 0 Å². The van der Waals surface area contributed by atoms with Crippen LogP contribution in [0.3, 0.4) is 0 Å². The molecule has 138 valence electrons. The lowest BCUT2D eigenvalue weighted by Gasteiger charge is -2.37. The highest BCUT2D eigenvalue weighted by Crippen LogP contribution is 2.30. The van der Waals surface area contributed by atoms with Gasteiger partial charge in [0, 0.05) is 25.1 Å². The number of aryl methyl sites for hydroxylation is 3. The van der Waals surface area contributed by atoms with Gasteiger partial charge in [0.05, 0.1) is 12.7 Å². The van der Waals surface area contributed by atoms with Crippen LogP contribution in [0.25, 0.3) is 0 Å². The molecule has 0 aliphatic carbocycles. The molecular weight excluding hydrogens is 318 g/mol. The smallest absolute Gasteiger partial charge is 0.260 e. The Hall–Kier alpha value is -1.59. The number of nitrogens with zero attached hydrogens (tertiary/aromatic N) is 1. The zero-order valence-corrected chi connectivity index (χ0v) is 15.5. The molecule has 0 aromatic heterocycles. The summed E-state index contributed by atoms with van der Waals surface area (Å²) in [6.07, 6.45) is 2.18. The van der Waals surface area contributed by atoms with Gasteiger partial charge in [0.1, 0.15) is 5.75 Å². The maximum atomic E-state index is 12.7. The van der Waals surface area contributed by atoms with Crippen LogP contribution in [0.1, 0.15) is 36.0 Å². The van der Waals surface area contributed by atoms with Crippen molar-refractivity contribution in [1.29, 1.82) is 0 Å². The van der Waals surface area contributed by atoms with E-state index < -0.39 is 0 Å². The Labute approximate surface area is 149 Å². The van der Waals surface area contributed by atoms with Crippen molar-refractivity contribution in [3.8, 4) is 5.75 Å². The number of rotatable bonds is 4. The fraction of sp³-hybridized carbons (Fsp3) is 0.650. The van der Waals surface area contributed by atoms with Crippen LogP contribution < -0.4 is 4.74 Å². The van der Waals surface area contributed by atoms with Gasteiger partial charge in [-0.2, -0.15) is 0 Å². The van der Waals surface area contributed by atoms with Crippen molar-refractivity contribution < 1.29 is 19.4 Å². The lowest BCUT2D eigenvalue weighted by atomic mass is 9.89. The third-order valence-electron chi connectivity index (χ3n) is 5.42. The van der Waals surface area contributed by atoms with Crippen molar-refractivity contribution in [3.63, 3.8) is 0 Å². The fourth-order valence-corrected chi connectivity index (χ4v) is 4.27. The van der Waals surface area contributed by atoms with E-state index in [1.54, 1.807) is 0 Å². The van der Waals surface area contributed by atoms with Gasteiger partial charge in [-0.1, -0.05) is 17.7 Å². The molecule has 2 aliphatic heterocycles. The summed E-state index contributed by atoms with van der Waals surface area (Å²) < 4.78 is 11.4. The minimum absolute atomic E-state index is 0.000325. The van der Waals surface area contributed by atoms with Crippen LogP contribution in [0, 0.1) is 26.7 Å². The molecule has 0 bridgehead atoms. The standard InChI is InChI=1S/C20H29NO4/c1-13-9-14(2)20(15(3)10-13)25-12-19(23)21-7-4-5-17(21)16-11-24-8-6-18(16)22/h9-10,16-18,22H,4-8,11-12H2,1-3H3/t16-,17+,18-/m0/s1. The summed E-state index contributed by atoms with van der Waals surface area (Å²) in [6.45, 7) is 8.00. The second kappa shape index (κ2) is 7.75. The first kappa shape index (κ1) is 18.2. The molecule has 2 heterocycles. The average molecular weight is 347 g/mol. The molecule has 3 atom stereocenters. The first-order chi connectivity index (χ1) is 12.0. The monoisotopic (exact) mass is 347 g/mol. The number of amides is 1. The molecular formula is C20H29NO4. The Morgan fingerprint density at radius 2 is 2.00 bits per heavy atom. The van der Waals surface area contributed by atoms with Crippen molar-refractivity contribution in [2.75, 3.05) is 26.4 Å². The number of hydrogen-bond donors (Lipinski definition) is 1. The Morgan fingerprint density at radius 3 is 2.68 bits per heavy atom. The van der Waals surface area contributed by atoms with Gasteiger partial charge in [-0.3, -0.25) is 4.79 Å². The number of benzene rings is 1. The van der Waals surface area contributed by atoms with Crippen molar-refractivity contribution in [2.24, 2.45) is 5.92 Å². The van der Waals surface area contributed by atoms with Crippen molar-refractivity contribution >= 4 is 5.91 Å². The van der Waals surface area contributed by atoms with Gasteiger partial charge in [0.2, 0.25) is 0 Å². The van der Waals surface area contributed by atoms with E-state index in [9.17, 15) is 9.90 Å². The van der Waals surface area contributed by atoms with Gasteiger partial charge in [-0.05, 0) is 51.2 Å². The average Bonchev–Trinajstić information content (AvgIpc) is 3.03. The van der Waals surface area contributed by atoms with E-state index in [-0.39, 0.29) is 30.6 Å². The SMILES string of the molecule is Cc1cc(C)c(OCC(=O)N2CCC[C@@H]2[C@@H]2COCC[C@@H]2O)c(C)c1. The molecule has 3 rings (SSSR count). The molecule has 0 saturated carbocycles. The Kier molecular flexibility index (Phi) is 5.64. The summed E-state index contributed by atoms with van der Waals surface area (Å²) in [7, 11) is 0. The van der Waals surface area contributed by atoms with Crippen LogP contribution in [0.4, 0.5) is 0 Å². The van der Waals surface area contributed by atoms with Crippen LogP contribution in [-0.4, -0.2) is 54.4 Å². The highest BCUT2D eigenvalue weighted by molar-refractivity contribution is 5.78. The predicted molar refractivity (Wildman–Crippen MR) is 95.8 cm³/mol. The number of ether oxygens (including phenoxy) is 2. The number of aliphatic hydroxyl groups excluding tert-OH is 1. The van der Waals surface area contributed by atoms with Crippen LogP contribution in [0.15, 0.2) is 12.1 Å². The van der Waals surface area contributed by atoms with Gasteiger partial charge in [-0.15, -0.1) is 0 Å². The van der Waals surface area contributed by atoms with E-state index in [0.717, 1.165) is 36.3 Å². The summed E-state index contributed by atoms with van der Waals surface area (Å²) in [5.41, 5.74) is 3.30. The molecule has 2 fully saturated rings. The van der Waals surface area contributed by atoms with Crippen LogP contribution in [0.2, 0.25) is 0 Å². The quantitative estimate of drug-likeness (QED) is 0.908.